The zero-order valence-electron chi connectivity index (χ0n) is 17.4. The summed E-state index contributed by atoms with van der Waals surface area (Å²) >= 11 is 18.3. The number of anilines is 2. The molecular formula is C23H17Br2ClN4O2S. The highest BCUT2D eigenvalue weighted by Gasteiger charge is 2.16. The summed E-state index contributed by atoms with van der Waals surface area (Å²) in [5.41, 5.74) is 2.49. The summed E-state index contributed by atoms with van der Waals surface area (Å²) in [7, 11) is 1.55. The van der Waals surface area contributed by atoms with Crippen molar-refractivity contribution in [3.05, 3.63) is 84.7 Å². The molecule has 6 nitrogen and oxygen atoms in total. The number of rotatable bonds is 4. The molecule has 168 valence electrons. The van der Waals surface area contributed by atoms with Crippen LogP contribution in [0.3, 0.4) is 0 Å². The van der Waals surface area contributed by atoms with Crippen LogP contribution in [0.2, 0.25) is 5.02 Å². The minimum atomic E-state index is -0.196. The van der Waals surface area contributed by atoms with E-state index < -0.39 is 0 Å². The Morgan fingerprint density at radius 3 is 2.42 bits per heavy atom. The molecular weight excluding hydrogens is 592 g/mol. The first-order chi connectivity index (χ1) is 15.8. The van der Waals surface area contributed by atoms with Crippen molar-refractivity contribution >= 4 is 83.1 Å². The van der Waals surface area contributed by atoms with E-state index in [-0.39, 0.29) is 5.56 Å². The minimum Gasteiger partial charge on any atom is -0.494 e. The Kier molecular flexibility index (Phi) is 7.04. The Morgan fingerprint density at radius 2 is 1.73 bits per heavy atom. The number of hydrogen-bond acceptors (Lipinski definition) is 4. The van der Waals surface area contributed by atoms with Crippen LogP contribution >= 0.6 is 55.7 Å². The van der Waals surface area contributed by atoms with E-state index in [2.05, 4.69) is 47.5 Å². The molecule has 0 saturated heterocycles. The van der Waals surface area contributed by atoms with E-state index in [1.54, 1.807) is 44.4 Å². The van der Waals surface area contributed by atoms with E-state index in [0.29, 0.717) is 44.0 Å². The maximum atomic E-state index is 13.4. The smallest absolute Gasteiger partial charge is 0.266 e. The van der Waals surface area contributed by atoms with Crippen molar-refractivity contribution in [3.63, 3.8) is 0 Å². The predicted molar refractivity (Wildman–Crippen MR) is 145 cm³/mol. The van der Waals surface area contributed by atoms with Crippen molar-refractivity contribution < 1.29 is 4.74 Å². The van der Waals surface area contributed by atoms with Gasteiger partial charge in [0.1, 0.15) is 11.6 Å². The molecule has 2 N–H and O–H groups in total. The normalized spacial score (nSPS) is 10.8. The number of aryl methyl sites for hydroxylation is 1. The lowest BCUT2D eigenvalue weighted by Crippen LogP contribution is -2.23. The molecule has 0 fully saturated rings. The Balaban J connectivity index is 1.69. The molecule has 0 radical (unpaired) electrons. The lowest BCUT2D eigenvalue weighted by Gasteiger charge is -2.17. The van der Waals surface area contributed by atoms with Crippen LogP contribution in [-0.2, 0) is 0 Å². The Bertz CT molecular complexity index is 1440. The number of benzene rings is 3. The molecule has 10 heteroatoms. The number of hydrogen-bond donors (Lipinski definition) is 2. The van der Waals surface area contributed by atoms with Gasteiger partial charge >= 0.3 is 0 Å². The van der Waals surface area contributed by atoms with Crippen LogP contribution in [0.1, 0.15) is 5.82 Å². The fraction of sp³-hybridized carbons (Fsp3) is 0.0870. The second-order valence-corrected chi connectivity index (χ2v) is 9.67. The Morgan fingerprint density at radius 1 is 1.06 bits per heavy atom. The van der Waals surface area contributed by atoms with Crippen molar-refractivity contribution in [1.82, 2.24) is 9.55 Å². The maximum absolute atomic E-state index is 13.4. The molecule has 33 heavy (non-hydrogen) atoms. The summed E-state index contributed by atoms with van der Waals surface area (Å²) in [6.45, 7) is 1.78. The molecule has 4 rings (SSSR count). The molecule has 0 unspecified atom stereocenters. The molecule has 0 aliphatic heterocycles. The summed E-state index contributed by atoms with van der Waals surface area (Å²) in [6, 6.07) is 16.2. The third kappa shape index (κ3) is 5.06. The van der Waals surface area contributed by atoms with Gasteiger partial charge in [-0.25, -0.2) is 4.98 Å². The second kappa shape index (κ2) is 9.80. The lowest BCUT2D eigenvalue weighted by molar-refractivity contribution is 0.412. The molecule has 1 heterocycles. The van der Waals surface area contributed by atoms with Crippen LogP contribution in [0.15, 0.2) is 68.3 Å². The summed E-state index contributed by atoms with van der Waals surface area (Å²) in [5.74, 6) is 1.03. The number of methoxy groups -OCH3 is 1. The van der Waals surface area contributed by atoms with Gasteiger partial charge in [0.2, 0.25) is 0 Å². The number of nitrogens with one attached hydrogen (secondary N) is 2. The second-order valence-electron chi connectivity index (χ2n) is 7.06. The zero-order chi connectivity index (χ0) is 23.7. The average Bonchev–Trinajstić information content (AvgIpc) is 2.77. The first kappa shape index (κ1) is 23.7. The van der Waals surface area contributed by atoms with E-state index in [9.17, 15) is 4.79 Å². The van der Waals surface area contributed by atoms with Gasteiger partial charge in [-0.1, -0.05) is 27.5 Å². The topological polar surface area (TPSA) is 68.2 Å². The highest BCUT2D eigenvalue weighted by atomic mass is 79.9. The first-order valence-corrected chi connectivity index (χ1v) is 12.0. The third-order valence-corrected chi connectivity index (χ3v) is 6.36. The monoisotopic (exact) mass is 606 g/mol. The molecule has 1 aromatic heterocycles. The van der Waals surface area contributed by atoms with Gasteiger partial charge in [-0.05, 0) is 83.6 Å². The highest BCUT2D eigenvalue weighted by molar-refractivity contribution is 9.11. The van der Waals surface area contributed by atoms with Crippen molar-refractivity contribution in [2.45, 2.75) is 6.92 Å². The van der Waals surface area contributed by atoms with Crippen molar-refractivity contribution in [2.75, 3.05) is 17.7 Å². The SMILES string of the molecule is COc1cc(NC(=S)Nc2ccc(Cl)cc2)ccc1-n1c(C)nc2c(Br)cc(Br)cc2c1=O. The highest BCUT2D eigenvalue weighted by Crippen LogP contribution is 2.29. The molecule has 3 aromatic carbocycles. The average molecular weight is 609 g/mol. The molecule has 0 amide bonds. The van der Waals surface area contributed by atoms with Crippen LogP contribution < -0.4 is 20.9 Å². The minimum absolute atomic E-state index is 0.196. The van der Waals surface area contributed by atoms with E-state index in [0.717, 1.165) is 14.6 Å². The lowest BCUT2D eigenvalue weighted by atomic mass is 10.2. The van der Waals surface area contributed by atoms with Gasteiger partial charge < -0.3 is 15.4 Å². The van der Waals surface area contributed by atoms with Gasteiger partial charge in [0.05, 0.1) is 23.7 Å². The van der Waals surface area contributed by atoms with Gasteiger partial charge in [-0.15, -0.1) is 0 Å². The van der Waals surface area contributed by atoms with Crippen LogP contribution in [0.5, 0.6) is 5.75 Å². The molecule has 0 aliphatic carbocycles. The summed E-state index contributed by atoms with van der Waals surface area (Å²) in [6.07, 6.45) is 0. The number of nitrogens with zero attached hydrogens (tertiary/aromatic N) is 2. The Hall–Kier alpha value is -2.46. The summed E-state index contributed by atoms with van der Waals surface area (Å²) in [5, 5.41) is 7.76. The van der Waals surface area contributed by atoms with Crippen LogP contribution in [0.4, 0.5) is 11.4 Å². The molecule has 0 saturated carbocycles. The number of aromatic nitrogens is 2. The van der Waals surface area contributed by atoms with Crippen LogP contribution in [-0.4, -0.2) is 21.8 Å². The van der Waals surface area contributed by atoms with E-state index >= 15 is 0 Å². The number of ether oxygens (including phenoxy) is 1. The van der Waals surface area contributed by atoms with Gasteiger partial charge in [0.25, 0.3) is 5.56 Å². The van der Waals surface area contributed by atoms with Gasteiger partial charge in [0, 0.05) is 31.4 Å². The number of thiocarbonyl (C=S) groups is 1. The standard InChI is InChI=1S/C23H17Br2ClN4O2S/c1-12-27-21-17(9-13(24)10-18(21)25)22(31)30(12)19-8-7-16(11-20(19)32-2)29-23(33)28-15-5-3-14(26)4-6-15/h3-11H,1-2H3,(H2,28,29,33). The van der Waals surface area contributed by atoms with Gasteiger partial charge in [0.15, 0.2) is 5.11 Å². The van der Waals surface area contributed by atoms with E-state index in [1.165, 1.54) is 4.57 Å². The first-order valence-electron chi connectivity index (χ1n) is 9.67. The van der Waals surface area contributed by atoms with Crippen molar-refractivity contribution in [3.8, 4) is 11.4 Å². The summed E-state index contributed by atoms with van der Waals surface area (Å²) < 4.78 is 8.66. The van der Waals surface area contributed by atoms with E-state index in [4.69, 9.17) is 28.6 Å². The van der Waals surface area contributed by atoms with Gasteiger partial charge in [-0.2, -0.15) is 0 Å². The van der Waals surface area contributed by atoms with Crippen molar-refractivity contribution in [1.29, 1.82) is 0 Å². The van der Waals surface area contributed by atoms with E-state index in [1.807, 2.05) is 24.3 Å². The largest absolute Gasteiger partial charge is 0.494 e. The van der Waals surface area contributed by atoms with Crippen LogP contribution in [0.25, 0.3) is 16.6 Å². The molecule has 4 aromatic rings. The van der Waals surface area contributed by atoms with Crippen molar-refractivity contribution in [2.24, 2.45) is 0 Å². The quantitative estimate of drug-likeness (QED) is 0.252. The molecule has 0 spiro atoms. The number of halogens is 3. The maximum Gasteiger partial charge on any atom is 0.266 e. The van der Waals surface area contributed by atoms with Crippen LogP contribution in [0, 0.1) is 6.92 Å². The zero-order valence-corrected chi connectivity index (χ0v) is 22.2. The fourth-order valence-electron chi connectivity index (χ4n) is 3.37. The summed E-state index contributed by atoms with van der Waals surface area (Å²) in [4.78, 5) is 18.0. The predicted octanol–water partition coefficient (Wildman–Crippen LogP) is 6.69. The van der Waals surface area contributed by atoms with Gasteiger partial charge in [-0.3, -0.25) is 9.36 Å². The molecule has 0 atom stereocenters. The third-order valence-electron chi connectivity index (χ3n) is 4.84. The fourth-order valence-corrected chi connectivity index (χ4v) is 5.05. The molecule has 0 bridgehead atoms. The molecule has 0 aliphatic rings. The Labute approximate surface area is 217 Å². The number of fused-ring (bicyclic) bond motifs is 1.